The van der Waals surface area contributed by atoms with Crippen LogP contribution in [0.5, 0.6) is 0 Å². The largest absolute Gasteiger partial charge is 0.283 e. The van der Waals surface area contributed by atoms with Crippen LogP contribution in [0.4, 0.5) is 5.69 Å². The molecular weight excluding hydrogens is 258 g/mol. The van der Waals surface area contributed by atoms with E-state index >= 15 is 0 Å². The van der Waals surface area contributed by atoms with Crippen LogP contribution in [0, 0.1) is 22.5 Å². The van der Waals surface area contributed by atoms with E-state index in [4.69, 9.17) is 0 Å². The molecule has 0 bridgehead atoms. The normalized spacial score (nSPS) is 12.5. The monoisotopic (exact) mass is 281 g/mol. The maximum Gasteiger partial charge on any atom is 0.283 e. The highest BCUT2D eigenvalue weighted by Crippen LogP contribution is 2.43. The Bertz CT molecular complexity index is 476. The first-order valence-corrected chi connectivity index (χ1v) is 7.26. The Balaban J connectivity index is 3.02. The summed E-state index contributed by atoms with van der Waals surface area (Å²) < 4.78 is -0.0295. The Morgan fingerprint density at radius 3 is 2.26 bits per heavy atom. The predicted molar refractivity (Wildman–Crippen MR) is 81.8 cm³/mol. The zero-order chi connectivity index (χ0) is 14.8. The highest BCUT2D eigenvalue weighted by atomic mass is 32.2. The van der Waals surface area contributed by atoms with E-state index in [9.17, 15) is 10.1 Å². The van der Waals surface area contributed by atoms with Crippen LogP contribution in [-0.2, 0) is 0 Å². The van der Waals surface area contributed by atoms with Gasteiger partial charge in [0.25, 0.3) is 5.69 Å². The fourth-order valence-electron chi connectivity index (χ4n) is 2.47. The number of nitrogens with zero attached hydrogens (tertiary/aromatic N) is 1. The molecule has 0 saturated heterocycles. The van der Waals surface area contributed by atoms with Crippen LogP contribution in [-0.4, -0.2) is 9.67 Å². The molecule has 4 heteroatoms. The molecule has 3 nitrogen and oxygen atoms in total. The van der Waals surface area contributed by atoms with Gasteiger partial charge in [-0.05, 0) is 30.4 Å². The molecule has 0 aromatic heterocycles. The number of nitro benzene ring substituents is 1. The van der Waals surface area contributed by atoms with Crippen molar-refractivity contribution in [3.63, 3.8) is 0 Å². The zero-order valence-electron chi connectivity index (χ0n) is 12.6. The number of hydrogen-bond donors (Lipinski definition) is 0. The lowest BCUT2D eigenvalue weighted by Gasteiger charge is -2.31. The number of hydrogen-bond acceptors (Lipinski definition) is 3. The van der Waals surface area contributed by atoms with Crippen LogP contribution in [0.3, 0.4) is 0 Å². The fourth-order valence-corrected chi connectivity index (χ4v) is 3.94. The van der Waals surface area contributed by atoms with Crippen molar-refractivity contribution in [3.8, 4) is 0 Å². The molecule has 0 atom stereocenters. The Morgan fingerprint density at radius 1 is 1.21 bits per heavy atom. The molecule has 1 aromatic rings. The average molecular weight is 281 g/mol. The first kappa shape index (κ1) is 16.0. The van der Waals surface area contributed by atoms with Gasteiger partial charge < -0.3 is 0 Å². The molecule has 0 saturated carbocycles. The van der Waals surface area contributed by atoms with Crippen LogP contribution in [0.25, 0.3) is 0 Å². The van der Waals surface area contributed by atoms with Gasteiger partial charge in [-0.1, -0.05) is 40.7 Å². The summed E-state index contributed by atoms with van der Waals surface area (Å²) in [5.41, 5.74) is 1.34. The Kier molecular flexibility index (Phi) is 4.67. The third-order valence-electron chi connectivity index (χ3n) is 2.65. The standard InChI is InChI=1S/C15H23NO2S/c1-11-7-8-13(12(9-11)16(17)18)19-15(5,6)10-14(2,3)4/h7-9H,10H2,1-6H3. The summed E-state index contributed by atoms with van der Waals surface area (Å²) in [4.78, 5) is 11.6. The van der Waals surface area contributed by atoms with Crippen molar-refractivity contribution in [2.45, 2.75) is 57.6 Å². The SMILES string of the molecule is Cc1ccc(SC(C)(C)CC(C)(C)C)c([N+](=O)[O-])c1. The number of aryl methyl sites for hydroxylation is 1. The molecule has 106 valence electrons. The van der Waals surface area contributed by atoms with E-state index in [1.807, 2.05) is 19.1 Å². The van der Waals surface area contributed by atoms with Gasteiger partial charge >= 0.3 is 0 Å². The second kappa shape index (κ2) is 5.53. The van der Waals surface area contributed by atoms with E-state index in [0.717, 1.165) is 16.9 Å². The second-order valence-corrected chi connectivity index (χ2v) is 8.58. The van der Waals surface area contributed by atoms with E-state index in [1.54, 1.807) is 17.8 Å². The summed E-state index contributed by atoms with van der Waals surface area (Å²) in [5.74, 6) is 0. The van der Waals surface area contributed by atoms with E-state index in [0.29, 0.717) is 0 Å². The topological polar surface area (TPSA) is 43.1 Å². The van der Waals surface area contributed by atoms with Crippen LogP contribution in [0.1, 0.15) is 46.6 Å². The summed E-state index contributed by atoms with van der Waals surface area (Å²) in [6.45, 7) is 12.7. The minimum atomic E-state index is -0.289. The molecular formula is C15H23NO2S. The molecule has 0 N–H and O–H groups in total. The van der Waals surface area contributed by atoms with E-state index < -0.39 is 0 Å². The number of thioether (sulfide) groups is 1. The highest BCUT2D eigenvalue weighted by Gasteiger charge is 2.29. The molecule has 0 amide bonds. The lowest BCUT2D eigenvalue weighted by Crippen LogP contribution is -2.23. The Hall–Kier alpha value is -1.03. The molecule has 0 radical (unpaired) electrons. The molecule has 1 rings (SSSR count). The van der Waals surface area contributed by atoms with Crippen LogP contribution < -0.4 is 0 Å². The molecule has 0 spiro atoms. The van der Waals surface area contributed by atoms with Crippen molar-refractivity contribution < 1.29 is 4.92 Å². The lowest BCUT2D eigenvalue weighted by atomic mass is 9.86. The maximum absolute atomic E-state index is 11.1. The Morgan fingerprint density at radius 2 is 1.79 bits per heavy atom. The smallest absolute Gasteiger partial charge is 0.258 e. The first-order valence-electron chi connectivity index (χ1n) is 6.44. The number of benzene rings is 1. The van der Waals surface area contributed by atoms with Gasteiger partial charge in [-0.15, -0.1) is 11.8 Å². The first-order chi connectivity index (χ1) is 8.50. The average Bonchev–Trinajstić information content (AvgIpc) is 2.16. The van der Waals surface area contributed by atoms with Crippen LogP contribution in [0.2, 0.25) is 0 Å². The lowest BCUT2D eigenvalue weighted by molar-refractivity contribution is -0.387. The molecule has 0 aliphatic rings. The minimum Gasteiger partial charge on any atom is -0.258 e. The molecule has 19 heavy (non-hydrogen) atoms. The number of nitro groups is 1. The summed E-state index contributed by atoms with van der Waals surface area (Å²) in [6, 6.07) is 5.44. The zero-order valence-corrected chi connectivity index (χ0v) is 13.4. The van der Waals surface area contributed by atoms with Gasteiger partial charge in [-0.3, -0.25) is 10.1 Å². The third-order valence-corrected chi connectivity index (χ3v) is 3.92. The van der Waals surface area contributed by atoms with Crippen molar-refractivity contribution in [1.29, 1.82) is 0 Å². The van der Waals surface area contributed by atoms with Gasteiger partial charge in [0.15, 0.2) is 0 Å². The molecule has 0 aliphatic heterocycles. The fraction of sp³-hybridized carbons (Fsp3) is 0.600. The van der Waals surface area contributed by atoms with Gasteiger partial charge in [-0.25, -0.2) is 0 Å². The molecule has 1 aromatic carbocycles. The van der Waals surface area contributed by atoms with Crippen molar-refractivity contribution in [2.75, 3.05) is 0 Å². The van der Waals surface area contributed by atoms with Gasteiger partial charge in [0.2, 0.25) is 0 Å². The van der Waals surface area contributed by atoms with Gasteiger partial charge in [0, 0.05) is 10.8 Å². The minimum absolute atomic E-state index is 0.0295. The summed E-state index contributed by atoms with van der Waals surface area (Å²) >= 11 is 1.59. The summed E-state index contributed by atoms with van der Waals surface area (Å²) in [5, 5.41) is 11.1. The van der Waals surface area contributed by atoms with Crippen LogP contribution in [0.15, 0.2) is 23.1 Å². The molecule has 0 unspecified atom stereocenters. The van der Waals surface area contributed by atoms with Crippen molar-refractivity contribution >= 4 is 17.4 Å². The highest BCUT2D eigenvalue weighted by molar-refractivity contribution is 8.00. The van der Waals surface area contributed by atoms with Crippen LogP contribution >= 0.6 is 11.8 Å². The van der Waals surface area contributed by atoms with E-state index in [2.05, 4.69) is 34.6 Å². The van der Waals surface area contributed by atoms with Gasteiger partial charge in [0.05, 0.1) is 9.82 Å². The van der Waals surface area contributed by atoms with Crippen molar-refractivity contribution in [1.82, 2.24) is 0 Å². The molecule has 0 heterocycles. The summed E-state index contributed by atoms with van der Waals surface area (Å²) in [7, 11) is 0. The van der Waals surface area contributed by atoms with Gasteiger partial charge in [0.1, 0.15) is 0 Å². The third kappa shape index (κ3) is 5.23. The number of rotatable bonds is 4. The van der Waals surface area contributed by atoms with Gasteiger partial charge in [-0.2, -0.15) is 0 Å². The molecule has 0 aliphatic carbocycles. The van der Waals surface area contributed by atoms with E-state index in [-0.39, 0.29) is 20.8 Å². The maximum atomic E-state index is 11.1. The van der Waals surface area contributed by atoms with E-state index in [1.165, 1.54) is 0 Å². The second-order valence-electron chi connectivity index (χ2n) is 6.83. The quantitative estimate of drug-likeness (QED) is 0.432. The van der Waals surface area contributed by atoms with Crippen molar-refractivity contribution in [2.24, 2.45) is 5.41 Å². The summed E-state index contributed by atoms with van der Waals surface area (Å²) in [6.07, 6.45) is 0.996. The van der Waals surface area contributed by atoms with Crippen molar-refractivity contribution in [3.05, 3.63) is 33.9 Å². The molecule has 0 fully saturated rings. The predicted octanol–water partition coefficient (Wildman–Crippen LogP) is 5.21. The Labute approximate surface area is 119 Å².